The minimum absolute atomic E-state index is 0.0553. The molecule has 1 atom stereocenters. The van der Waals surface area contributed by atoms with Crippen LogP contribution in [0.1, 0.15) is 31.2 Å². The molecule has 3 N–H and O–H groups in total. The van der Waals surface area contributed by atoms with Gasteiger partial charge in [-0.25, -0.2) is 0 Å². The fourth-order valence-corrected chi connectivity index (χ4v) is 3.13. The van der Waals surface area contributed by atoms with Crippen molar-refractivity contribution in [1.29, 1.82) is 0 Å². The summed E-state index contributed by atoms with van der Waals surface area (Å²) in [6, 6.07) is 7.45. The number of piperidine rings is 1. The van der Waals surface area contributed by atoms with Gasteiger partial charge in [0.25, 0.3) is 0 Å². The van der Waals surface area contributed by atoms with Crippen molar-refractivity contribution in [3.05, 3.63) is 34.9 Å². The standard InChI is InChI=1S/C17H24ClN3O2/c18-14-5-3-4-13(10-14)11-17(23)21-9-2-1-6-15(21)12-20-16(22)7-8-19/h3-5,10,15H,1-2,6-9,11-12,19H2,(H,20,22). The van der Waals surface area contributed by atoms with Gasteiger partial charge in [-0.3, -0.25) is 9.59 Å². The van der Waals surface area contributed by atoms with Crippen molar-refractivity contribution < 1.29 is 9.59 Å². The first-order valence-electron chi connectivity index (χ1n) is 8.11. The number of carbonyl (C=O) groups excluding carboxylic acids is 2. The van der Waals surface area contributed by atoms with E-state index in [1.165, 1.54) is 0 Å². The minimum atomic E-state index is -0.0553. The lowest BCUT2D eigenvalue weighted by Gasteiger charge is -2.36. The number of nitrogens with zero attached hydrogens (tertiary/aromatic N) is 1. The van der Waals surface area contributed by atoms with E-state index in [0.29, 0.717) is 31.0 Å². The van der Waals surface area contributed by atoms with Crippen molar-refractivity contribution in [2.75, 3.05) is 19.6 Å². The van der Waals surface area contributed by atoms with Crippen LogP contribution in [-0.2, 0) is 16.0 Å². The molecule has 2 amide bonds. The zero-order valence-corrected chi connectivity index (χ0v) is 14.0. The molecule has 6 heteroatoms. The Kier molecular flexibility index (Phi) is 6.86. The lowest BCUT2D eigenvalue weighted by atomic mass is 10.0. The van der Waals surface area contributed by atoms with E-state index in [-0.39, 0.29) is 17.9 Å². The maximum atomic E-state index is 12.6. The average molecular weight is 338 g/mol. The van der Waals surface area contributed by atoms with Gasteiger partial charge >= 0.3 is 0 Å². The molecule has 2 rings (SSSR count). The van der Waals surface area contributed by atoms with Crippen LogP contribution in [0.25, 0.3) is 0 Å². The summed E-state index contributed by atoms with van der Waals surface area (Å²) in [6.07, 6.45) is 3.67. The topological polar surface area (TPSA) is 75.4 Å². The van der Waals surface area contributed by atoms with Crippen LogP contribution in [0.2, 0.25) is 5.02 Å². The number of benzene rings is 1. The Morgan fingerprint density at radius 3 is 2.91 bits per heavy atom. The number of carbonyl (C=O) groups is 2. The first-order chi connectivity index (χ1) is 11.1. The zero-order chi connectivity index (χ0) is 16.7. The van der Waals surface area contributed by atoms with E-state index in [4.69, 9.17) is 17.3 Å². The van der Waals surface area contributed by atoms with Crippen LogP contribution in [0.15, 0.2) is 24.3 Å². The average Bonchev–Trinajstić information content (AvgIpc) is 2.53. The number of rotatable bonds is 6. The molecule has 1 aliphatic heterocycles. The van der Waals surface area contributed by atoms with E-state index in [1.807, 2.05) is 23.1 Å². The predicted molar refractivity (Wildman–Crippen MR) is 91.2 cm³/mol. The number of halogens is 1. The van der Waals surface area contributed by atoms with E-state index >= 15 is 0 Å². The fourth-order valence-electron chi connectivity index (χ4n) is 2.92. The van der Waals surface area contributed by atoms with Gasteiger partial charge in [0.05, 0.1) is 6.42 Å². The number of nitrogens with one attached hydrogen (secondary N) is 1. The highest BCUT2D eigenvalue weighted by Gasteiger charge is 2.26. The molecule has 126 valence electrons. The van der Waals surface area contributed by atoms with Crippen LogP contribution in [-0.4, -0.2) is 42.4 Å². The first kappa shape index (κ1) is 17.8. The highest BCUT2D eigenvalue weighted by molar-refractivity contribution is 6.30. The molecule has 0 aliphatic carbocycles. The zero-order valence-electron chi connectivity index (χ0n) is 13.3. The maximum absolute atomic E-state index is 12.6. The molecule has 0 bridgehead atoms. The summed E-state index contributed by atoms with van der Waals surface area (Å²) < 4.78 is 0. The van der Waals surface area contributed by atoms with Gasteiger partial charge in [-0.1, -0.05) is 23.7 Å². The van der Waals surface area contributed by atoms with Crippen LogP contribution in [0.5, 0.6) is 0 Å². The molecule has 1 aromatic carbocycles. The van der Waals surface area contributed by atoms with E-state index < -0.39 is 0 Å². The predicted octanol–water partition coefficient (Wildman–Crippen LogP) is 1.73. The van der Waals surface area contributed by atoms with Gasteiger partial charge in [0, 0.05) is 37.1 Å². The second-order valence-corrected chi connectivity index (χ2v) is 6.32. The third-order valence-corrected chi connectivity index (χ3v) is 4.33. The van der Waals surface area contributed by atoms with Gasteiger partial charge < -0.3 is 16.0 Å². The Morgan fingerprint density at radius 1 is 1.35 bits per heavy atom. The Morgan fingerprint density at radius 2 is 2.17 bits per heavy atom. The molecular weight excluding hydrogens is 314 g/mol. The summed E-state index contributed by atoms with van der Waals surface area (Å²) in [6.45, 7) is 1.59. The highest BCUT2D eigenvalue weighted by atomic mass is 35.5. The third-order valence-electron chi connectivity index (χ3n) is 4.10. The fraction of sp³-hybridized carbons (Fsp3) is 0.529. The largest absolute Gasteiger partial charge is 0.354 e. The Balaban J connectivity index is 1.94. The minimum Gasteiger partial charge on any atom is -0.354 e. The highest BCUT2D eigenvalue weighted by Crippen LogP contribution is 2.19. The van der Waals surface area contributed by atoms with Crippen molar-refractivity contribution in [3.8, 4) is 0 Å². The molecule has 1 aromatic rings. The van der Waals surface area contributed by atoms with Gasteiger partial charge in [0.15, 0.2) is 0 Å². The first-order valence-corrected chi connectivity index (χ1v) is 8.48. The van der Waals surface area contributed by atoms with Crippen LogP contribution in [0.4, 0.5) is 0 Å². The van der Waals surface area contributed by atoms with Crippen molar-refractivity contribution in [3.63, 3.8) is 0 Å². The van der Waals surface area contributed by atoms with Crippen molar-refractivity contribution >= 4 is 23.4 Å². The molecular formula is C17H24ClN3O2. The summed E-state index contributed by atoms with van der Waals surface area (Å²) in [5.41, 5.74) is 6.29. The van der Waals surface area contributed by atoms with E-state index in [2.05, 4.69) is 5.32 Å². The van der Waals surface area contributed by atoms with Gasteiger partial charge in [-0.05, 0) is 37.0 Å². The molecule has 0 saturated carbocycles. The molecule has 5 nitrogen and oxygen atoms in total. The van der Waals surface area contributed by atoms with Crippen LogP contribution >= 0.6 is 11.6 Å². The van der Waals surface area contributed by atoms with Crippen LogP contribution < -0.4 is 11.1 Å². The molecule has 0 aromatic heterocycles. The second kappa shape index (κ2) is 8.89. The van der Waals surface area contributed by atoms with Crippen molar-refractivity contribution in [1.82, 2.24) is 10.2 Å². The van der Waals surface area contributed by atoms with Gasteiger partial charge in [0.1, 0.15) is 0 Å². The Hall–Kier alpha value is -1.59. The van der Waals surface area contributed by atoms with E-state index in [1.54, 1.807) is 6.07 Å². The smallest absolute Gasteiger partial charge is 0.227 e. The molecule has 0 radical (unpaired) electrons. The number of nitrogens with two attached hydrogens (primary N) is 1. The van der Waals surface area contributed by atoms with E-state index in [9.17, 15) is 9.59 Å². The Labute approximate surface area is 142 Å². The SMILES string of the molecule is NCCC(=O)NCC1CCCCN1C(=O)Cc1cccc(Cl)c1. The molecule has 23 heavy (non-hydrogen) atoms. The lowest BCUT2D eigenvalue weighted by Crippen LogP contribution is -2.50. The second-order valence-electron chi connectivity index (χ2n) is 5.89. The summed E-state index contributed by atoms with van der Waals surface area (Å²) in [7, 11) is 0. The Bertz CT molecular complexity index is 550. The monoisotopic (exact) mass is 337 g/mol. The van der Waals surface area contributed by atoms with Gasteiger partial charge in [-0.15, -0.1) is 0 Å². The quantitative estimate of drug-likeness (QED) is 0.830. The van der Waals surface area contributed by atoms with E-state index in [0.717, 1.165) is 31.4 Å². The molecule has 1 saturated heterocycles. The molecule has 1 unspecified atom stereocenters. The van der Waals surface area contributed by atoms with Crippen molar-refractivity contribution in [2.24, 2.45) is 5.73 Å². The van der Waals surface area contributed by atoms with Crippen molar-refractivity contribution in [2.45, 2.75) is 38.1 Å². The molecule has 1 heterocycles. The van der Waals surface area contributed by atoms with Gasteiger partial charge in [0.2, 0.25) is 11.8 Å². The van der Waals surface area contributed by atoms with Crippen LogP contribution in [0.3, 0.4) is 0 Å². The number of amides is 2. The summed E-state index contributed by atoms with van der Waals surface area (Å²) in [4.78, 5) is 26.1. The number of likely N-dealkylation sites (tertiary alicyclic amines) is 1. The number of hydrogen-bond donors (Lipinski definition) is 2. The molecule has 1 aliphatic rings. The third kappa shape index (κ3) is 5.52. The number of hydrogen-bond acceptors (Lipinski definition) is 3. The summed E-state index contributed by atoms with van der Waals surface area (Å²) in [5.74, 6) is 0.0327. The maximum Gasteiger partial charge on any atom is 0.227 e. The molecule has 1 fully saturated rings. The summed E-state index contributed by atoms with van der Waals surface area (Å²) >= 11 is 5.97. The normalized spacial score (nSPS) is 17.8. The molecule has 0 spiro atoms. The lowest BCUT2D eigenvalue weighted by molar-refractivity contribution is -0.134. The van der Waals surface area contributed by atoms with Gasteiger partial charge in [-0.2, -0.15) is 0 Å². The summed E-state index contributed by atoms with van der Waals surface area (Å²) in [5, 5.41) is 3.52. The van der Waals surface area contributed by atoms with Crippen LogP contribution in [0, 0.1) is 0 Å².